The lowest BCUT2D eigenvalue weighted by molar-refractivity contribution is 1.22. The molecule has 0 atom stereocenters. The molecule has 1 heterocycles. The van der Waals surface area contributed by atoms with E-state index in [1.54, 1.807) is 24.4 Å². The van der Waals surface area contributed by atoms with Gasteiger partial charge in [-0.15, -0.1) is 11.3 Å². The molecule has 0 aliphatic heterocycles. The monoisotopic (exact) mass is 285 g/mol. The highest BCUT2D eigenvalue weighted by atomic mass is 35.5. The lowest BCUT2D eigenvalue weighted by Gasteiger charge is -2.00. The number of nitrogens with one attached hydrogen (secondary N) is 1. The van der Waals surface area contributed by atoms with E-state index in [-0.39, 0.29) is 0 Å². The largest absolute Gasteiger partial charge is 0.253 e. The second kappa shape index (κ2) is 5.49. The Kier molecular flexibility index (Phi) is 3.99. The van der Waals surface area contributed by atoms with Crippen LogP contribution in [-0.4, -0.2) is 11.2 Å². The fourth-order valence-corrected chi connectivity index (χ4v) is 2.32. The van der Waals surface area contributed by atoms with Crippen molar-refractivity contribution < 1.29 is 0 Å². The van der Waals surface area contributed by atoms with Crippen LogP contribution in [0.5, 0.6) is 0 Å². The van der Waals surface area contributed by atoms with Crippen molar-refractivity contribution >= 4 is 45.9 Å². The van der Waals surface area contributed by atoms with Crippen molar-refractivity contribution in [2.75, 3.05) is 5.43 Å². The number of hydrogen-bond donors (Lipinski definition) is 1. The fraction of sp³-hybridized carbons (Fsp3) is 0.0909. The van der Waals surface area contributed by atoms with Crippen molar-refractivity contribution in [1.29, 1.82) is 0 Å². The maximum Gasteiger partial charge on any atom is 0.203 e. The Bertz CT molecular complexity index is 531. The number of anilines is 1. The maximum absolute atomic E-state index is 6.00. The minimum Gasteiger partial charge on any atom is -0.253 e. The van der Waals surface area contributed by atoms with Gasteiger partial charge in [0.15, 0.2) is 0 Å². The van der Waals surface area contributed by atoms with Crippen LogP contribution < -0.4 is 5.43 Å². The molecule has 0 saturated carbocycles. The quantitative estimate of drug-likeness (QED) is 0.678. The van der Waals surface area contributed by atoms with Crippen LogP contribution in [0.3, 0.4) is 0 Å². The van der Waals surface area contributed by atoms with Crippen LogP contribution in [0.4, 0.5) is 5.13 Å². The van der Waals surface area contributed by atoms with E-state index < -0.39 is 0 Å². The van der Waals surface area contributed by atoms with Crippen molar-refractivity contribution in [2.24, 2.45) is 5.10 Å². The number of nitrogens with zero attached hydrogens (tertiary/aromatic N) is 2. The fourth-order valence-electron chi connectivity index (χ4n) is 1.19. The smallest absolute Gasteiger partial charge is 0.203 e. The zero-order valence-corrected chi connectivity index (χ0v) is 11.3. The summed E-state index contributed by atoms with van der Waals surface area (Å²) in [6, 6.07) is 5.32. The summed E-state index contributed by atoms with van der Waals surface area (Å²) in [5.41, 5.74) is 4.48. The Morgan fingerprint density at radius 1 is 1.35 bits per heavy atom. The van der Waals surface area contributed by atoms with Crippen LogP contribution in [-0.2, 0) is 0 Å². The molecule has 0 radical (unpaired) electrons. The first-order chi connectivity index (χ1) is 8.16. The number of hydrogen-bond acceptors (Lipinski definition) is 4. The Morgan fingerprint density at radius 3 is 2.65 bits per heavy atom. The molecule has 0 aliphatic rings. The molecule has 6 heteroatoms. The molecular formula is C11H9Cl2N3S. The Labute approximate surface area is 113 Å². The summed E-state index contributed by atoms with van der Waals surface area (Å²) in [5, 5.41) is 7.87. The normalized spacial score (nSPS) is 11.0. The first-order valence-electron chi connectivity index (χ1n) is 4.82. The third-order valence-electron chi connectivity index (χ3n) is 1.97. The van der Waals surface area contributed by atoms with Gasteiger partial charge in [0.05, 0.1) is 22.0 Å². The summed E-state index contributed by atoms with van der Waals surface area (Å²) in [5.74, 6) is 0. The Balaban J connectivity index is 2.10. The average molecular weight is 286 g/mol. The third-order valence-corrected chi connectivity index (χ3v) is 3.50. The molecule has 0 bridgehead atoms. The van der Waals surface area contributed by atoms with E-state index >= 15 is 0 Å². The van der Waals surface area contributed by atoms with Crippen molar-refractivity contribution in [3.05, 3.63) is 44.9 Å². The number of benzene rings is 1. The Hall–Kier alpha value is -1.10. The number of thiazole rings is 1. The molecule has 0 unspecified atom stereocenters. The number of aromatic nitrogens is 1. The van der Waals surface area contributed by atoms with Crippen LogP contribution in [0.2, 0.25) is 10.0 Å². The van der Waals surface area contributed by atoms with Crippen molar-refractivity contribution in [3.63, 3.8) is 0 Å². The van der Waals surface area contributed by atoms with Crippen LogP contribution in [0.15, 0.2) is 28.7 Å². The van der Waals surface area contributed by atoms with Gasteiger partial charge < -0.3 is 0 Å². The standard InChI is InChI=1S/C11H9Cl2N3S/c1-7-6-17-11(15-7)16-14-5-8-9(12)3-2-4-10(8)13/h2-6H,1H3,(H,15,16). The lowest BCUT2D eigenvalue weighted by atomic mass is 10.2. The van der Waals surface area contributed by atoms with Gasteiger partial charge in [0, 0.05) is 10.9 Å². The van der Waals surface area contributed by atoms with Gasteiger partial charge in [0.1, 0.15) is 0 Å². The van der Waals surface area contributed by atoms with Gasteiger partial charge in [0.25, 0.3) is 0 Å². The minimum absolute atomic E-state index is 0.568. The zero-order valence-electron chi connectivity index (χ0n) is 8.95. The van der Waals surface area contributed by atoms with E-state index in [1.165, 1.54) is 11.3 Å². The van der Waals surface area contributed by atoms with Gasteiger partial charge in [0.2, 0.25) is 5.13 Å². The molecule has 1 aromatic carbocycles. The minimum atomic E-state index is 0.568. The number of aryl methyl sites for hydroxylation is 1. The second-order valence-corrected chi connectivity index (χ2v) is 4.97. The lowest BCUT2D eigenvalue weighted by Crippen LogP contribution is -1.91. The van der Waals surface area contributed by atoms with E-state index in [1.807, 2.05) is 12.3 Å². The summed E-state index contributed by atoms with van der Waals surface area (Å²) in [4.78, 5) is 4.21. The summed E-state index contributed by atoms with van der Waals surface area (Å²) in [6.07, 6.45) is 1.58. The molecule has 0 saturated heterocycles. The van der Waals surface area contributed by atoms with Crippen molar-refractivity contribution in [1.82, 2.24) is 4.98 Å². The molecule has 0 amide bonds. The number of rotatable bonds is 3. The topological polar surface area (TPSA) is 37.3 Å². The highest BCUT2D eigenvalue weighted by Gasteiger charge is 2.02. The Morgan fingerprint density at radius 2 is 2.06 bits per heavy atom. The van der Waals surface area contributed by atoms with Crippen LogP contribution >= 0.6 is 34.5 Å². The molecule has 1 N–H and O–H groups in total. The van der Waals surface area contributed by atoms with Crippen LogP contribution in [0.25, 0.3) is 0 Å². The molecule has 2 aromatic rings. The highest BCUT2D eigenvalue weighted by Crippen LogP contribution is 2.22. The van der Waals surface area contributed by atoms with Gasteiger partial charge in [-0.25, -0.2) is 4.98 Å². The van der Waals surface area contributed by atoms with Gasteiger partial charge >= 0.3 is 0 Å². The molecule has 0 fully saturated rings. The van der Waals surface area contributed by atoms with E-state index in [4.69, 9.17) is 23.2 Å². The third kappa shape index (κ3) is 3.19. The molecule has 1 aromatic heterocycles. The van der Waals surface area contributed by atoms with Crippen LogP contribution in [0.1, 0.15) is 11.3 Å². The SMILES string of the molecule is Cc1csc(NN=Cc2c(Cl)cccc2Cl)n1. The predicted octanol–water partition coefficient (Wildman–Crippen LogP) is 4.20. The van der Waals surface area contributed by atoms with E-state index in [0.29, 0.717) is 15.6 Å². The second-order valence-electron chi connectivity index (χ2n) is 3.30. The molecule has 3 nitrogen and oxygen atoms in total. The molecule has 0 spiro atoms. The predicted molar refractivity (Wildman–Crippen MR) is 74.5 cm³/mol. The molecule has 88 valence electrons. The summed E-state index contributed by atoms with van der Waals surface area (Å²) < 4.78 is 0. The van der Waals surface area contributed by atoms with E-state index in [0.717, 1.165) is 10.8 Å². The van der Waals surface area contributed by atoms with Crippen molar-refractivity contribution in [2.45, 2.75) is 6.92 Å². The van der Waals surface area contributed by atoms with Gasteiger partial charge in [-0.2, -0.15) is 5.10 Å². The first kappa shape index (κ1) is 12.4. The summed E-state index contributed by atoms with van der Waals surface area (Å²) in [6.45, 7) is 1.93. The summed E-state index contributed by atoms with van der Waals surface area (Å²) in [7, 11) is 0. The van der Waals surface area contributed by atoms with E-state index in [2.05, 4.69) is 15.5 Å². The van der Waals surface area contributed by atoms with Crippen molar-refractivity contribution in [3.8, 4) is 0 Å². The highest BCUT2D eigenvalue weighted by molar-refractivity contribution is 7.13. The molecule has 17 heavy (non-hydrogen) atoms. The number of hydrazone groups is 1. The van der Waals surface area contributed by atoms with Gasteiger partial charge in [-0.3, -0.25) is 5.43 Å². The average Bonchev–Trinajstić information content (AvgIpc) is 2.69. The van der Waals surface area contributed by atoms with E-state index in [9.17, 15) is 0 Å². The molecular weight excluding hydrogens is 277 g/mol. The number of halogens is 2. The maximum atomic E-state index is 6.00. The van der Waals surface area contributed by atoms with Crippen LogP contribution in [0, 0.1) is 6.92 Å². The van der Waals surface area contributed by atoms with Gasteiger partial charge in [-0.05, 0) is 19.1 Å². The summed E-state index contributed by atoms with van der Waals surface area (Å²) >= 11 is 13.5. The van der Waals surface area contributed by atoms with Gasteiger partial charge in [-0.1, -0.05) is 29.3 Å². The first-order valence-corrected chi connectivity index (χ1v) is 6.45. The zero-order chi connectivity index (χ0) is 12.3. The molecule has 0 aliphatic carbocycles. The molecule has 2 rings (SSSR count).